The molecule has 0 bridgehead atoms. The number of hydrogen-bond donors (Lipinski definition) is 4. The SMILES string of the molecule is CCCCC/C=C/CC/C=C/CCCC(O)C(O)C(CO)NC(=O)CC/C=C\C/C=C\CCCCCCCC. The zero-order valence-corrected chi connectivity index (χ0v) is 25.2. The summed E-state index contributed by atoms with van der Waals surface area (Å²) in [5, 5.41) is 33.0. The van der Waals surface area contributed by atoms with Gasteiger partial charge in [0.15, 0.2) is 0 Å². The van der Waals surface area contributed by atoms with Gasteiger partial charge in [0, 0.05) is 6.42 Å². The highest BCUT2D eigenvalue weighted by Crippen LogP contribution is 2.11. The molecule has 0 aromatic rings. The monoisotopic (exact) mass is 547 g/mol. The van der Waals surface area contributed by atoms with Crippen molar-refractivity contribution in [1.82, 2.24) is 5.32 Å². The van der Waals surface area contributed by atoms with Gasteiger partial charge < -0.3 is 20.6 Å². The van der Waals surface area contributed by atoms with Gasteiger partial charge in [-0.05, 0) is 70.6 Å². The van der Waals surface area contributed by atoms with E-state index in [9.17, 15) is 20.1 Å². The van der Waals surface area contributed by atoms with Crippen molar-refractivity contribution in [3.8, 4) is 0 Å². The van der Waals surface area contributed by atoms with E-state index >= 15 is 0 Å². The Morgan fingerprint density at radius 3 is 1.77 bits per heavy atom. The molecule has 0 fully saturated rings. The number of allylic oxidation sites excluding steroid dienone is 8. The third-order valence-electron chi connectivity index (χ3n) is 6.90. The van der Waals surface area contributed by atoms with Crippen LogP contribution in [0.15, 0.2) is 48.6 Å². The van der Waals surface area contributed by atoms with Gasteiger partial charge in [-0.15, -0.1) is 0 Å². The lowest BCUT2D eigenvalue weighted by Gasteiger charge is -2.26. The van der Waals surface area contributed by atoms with Crippen LogP contribution in [-0.4, -0.2) is 46.1 Å². The van der Waals surface area contributed by atoms with Crippen LogP contribution in [0.1, 0.15) is 136 Å². The maximum absolute atomic E-state index is 12.2. The van der Waals surface area contributed by atoms with Gasteiger partial charge in [-0.25, -0.2) is 0 Å². The molecular formula is C34H61NO4. The van der Waals surface area contributed by atoms with Crippen LogP contribution in [-0.2, 0) is 4.79 Å². The minimum Gasteiger partial charge on any atom is -0.394 e. The van der Waals surface area contributed by atoms with Gasteiger partial charge in [0.2, 0.25) is 5.91 Å². The van der Waals surface area contributed by atoms with Crippen LogP contribution in [0.5, 0.6) is 0 Å². The quantitative estimate of drug-likeness (QED) is 0.0622. The van der Waals surface area contributed by atoms with Crippen molar-refractivity contribution < 1.29 is 20.1 Å². The van der Waals surface area contributed by atoms with Crippen molar-refractivity contribution in [2.75, 3.05) is 6.61 Å². The molecule has 3 atom stereocenters. The van der Waals surface area contributed by atoms with E-state index in [4.69, 9.17) is 0 Å². The lowest BCUT2D eigenvalue weighted by Crippen LogP contribution is -2.50. The summed E-state index contributed by atoms with van der Waals surface area (Å²) < 4.78 is 0. The molecule has 0 aromatic heterocycles. The highest BCUT2D eigenvalue weighted by Gasteiger charge is 2.26. The summed E-state index contributed by atoms with van der Waals surface area (Å²) in [7, 11) is 0. The molecule has 0 aliphatic heterocycles. The summed E-state index contributed by atoms with van der Waals surface area (Å²) in [5.41, 5.74) is 0. The van der Waals surface area contributed by atoms with Gasteiger partial charge in [0.25, 0.3) is 0 Å². The fourth-order valence-corrected chi connectivity index (χ4v) is 4.34. The van der Waals surface area contributed by atoms with Crippen molar-refractivity contribution in [1.29, 1.82) is 0 Å². The Bertz CT molecular complexity index is 656. The van der Waals surface area contributed by atoms with Crippen molar-refractivity contribution in [3.05, 3.63) is 48.6 Å². The Balaban J connectivity index is 3.95. The first-order valence-corrected chi connectivity index (χ1v) is 15.9. The molecule has 4 N–H and O–H groups in total. The molecule has 0 aromatic carbocycles. The molecule has 0 rings (SSSR count). The second kappa shape index (κ2) is 29.3. The average molecular weight is 548 g/mol. The van der Waals surface area contributed by atoms with Crippen LogP contribution >= 0.6 is 0 Å². The number of unbranched alkanes of at least 4 members (excludes halogenated alkanes) is 11. The smallest absolute Gasteiger partial charge is 0.220 e. The molecule has 226 valence electrons. The van der Waals surface area contributed by atoms with Gasteiger partial charge >= 0.3 is 0 Å². The fraction of sp³-hybridized carbons (Fsp3) is 0.735. The largest absolute Gasteiger partial charge is 0.394 e. The summed E-state index contributed by atoms with van der Waals surface area (Å²) in [6.07, 6.45) is 34.9. The van der Waals surface area contributed by atoms with E-state index in [0.717, 1.165) is 38.5 Å². The van der Waals surface area contributed by atoms with Gasteiger partial charge in [0.05, 0.1) is 18.8 Å². The standard InChI is InChI=1S/C34H61NO4/c1-3-5-7-9-11-13-15-17-19-21-23-25-27-29-33(38)35-31(30-36)34(39)32(37)28-26-24-22-20-18-16-14-12-10-8-6-4-2/h12,14,17,19-20,22-23,25,31-32,34,36-37,39H,3-11,13,15-16,18,21,24,26-30H2,1-2H3,(H,35,38)/b14-12+,19-17-,22-20+,25-23-. The fourth-order valence-electron chi connectivity index (χ4n) is 4.34. The third-order valence-corrected chi connectivity index (χ3v) is 6.90. The highest BCUT2D eigenvalue weighted by atomic mass is 16.3. The molecule has 1 amide bonds. The molecule has 0 spiro atoms. The molecule has 3 unspecified atom stereocenters. The molecular weight excluding hydrogens is 486 g/mol. The van der Waals surface area contributed by atoms with E-state index < -0.39 is 24.9 Å². The van der Waals surface area contributed by atoms with Gasteiger partial charge in [-0.1, -0.05) is 107 Å². The number of rotatable bonds is 27. The maximum atomic E-state index is 12.2. The predicted molar refractivity (Wildman–Crippen MR) is 167 cm³/mol. The normalized spacial score (nSPS) is 14.7. The van der Waals surface area contributed by atoms with E-state index in [2.05, 4.69) is 61.7 Å². The predicted octanol–water partition coefficient (Wildman–Crippen LogP) is 7.86. The zero-order chi connectivity index (χ0) is 28.8. The average Bonchev–Trinajstić information content (AvgIpc) is 2.94. The van der Waals surface area contributed by atoms with Crippen LogP contribution in [0, 0.1) is 0 Å². The van der Waals surface area contributed by atoms with Crippen molar-refractivity contribution >= 4 is 5.91 Å². The summed E-state index contributed by atoms with van der Waals surface area (Å²) in [4.78, 5) is 12.2. The minimum absolute atomic E-state index is 0.231. The second-order valence-electron chi connectivity index (χ2n) is 10.6. The van der Waals surface area contributed by atoms with Crippen LogP contribution in [0.25, 0.3) is 0 Å². The topological polar surface area (TPSA) is 89.8 Å². The summed E-state index contributed by atoms with van der Waals surface area (Å²) in [5.74, 6) is -0.231. The Morgan fingerprint density at radius 2 is 1.13 bits per heavy atom. The lowest BCUT2D eigenvalue weighted by molar-refractivity contribution is -0.124. The van der Waals surface area contributed by atoms with E-state index in [1.54, 1.807) is 0 Å². The van der Waals surface area contributed by atoms with E-state index in [0.29, 0.717) is 12.8 Å². The molecule has 0 aliphatic rings. The number of amides is 1. The molecule has 39 heavy (non-hydrogen) atoms. The maximum Gasteiger partial charge on any atom is 0.220 e. The summed E-state index contributed by atoms with van der Waals surface area (Å²) in [6.45, 7) is 4.05. The molecule has 0 saturated carbocycles. The first-order valence-electron chi connectivity index (χ1n) is 15.9. The van der Waals surface area contributed by atoms with Gasteiger partial charge in [-0.2, -0.15) is 0 Å². The van der Waals surface area contributed by atoms with E-state index in [-0.39, 0.29) is 12.3 Å². The summed E-state index contributed by atoms with van der Waals surface area (Å²) >= 11 is 0. The van der Waals surface area contributed by atoms with Crippen LogP contribution < -0.4 is 5.32 Å². The first kappa shape index (κ1) is 37.3. The van der Waals surface area contributed by atoms with Crippen molar-refractivity contribution in [3.63, 3.8) is 0 Å². The van der Waals surface area contributed by atoms with E-state index in [1.165, 1.54) is 64.2 Å². The Kier molecular flexibility index (Phi) is 28.0. The number of hydrogen-bond acceptors (Lipinski definition) is 4. The lowest BCUT2D eigenvalue weighted by atomic mass is 10.0. The van der Waals surface area contributed by atoms with Crippen molar-refractivity contribution in [2.24, 2.45) is 0 Å². The Labute approximate surface area is 240 Å². The second-order valence-corrected chi connectivity index (χ2v) is 10.6. The first-order chi connectivity index (χ1) is 19.1. The number of aliphatic hydroxyl groups excluding tert-OH is 3. The van der Waals surface area contributed by atoms with E-state index in [1.807, 2.05) is 6.08 Å². The number of nitrogens with one attached hydrogen (secondary N) is 1. The highest BCUT2D eigenvalue weighted by molar-refractivity contribution is 5.76. The number of carbonyl (C=O) groups is 1. The molecule has 0 heterocycles. The van der Waals surface area contributed by atoms with Crippen LogP contribution in [0.2, 0.25) is 0 Å². The molecule has 0 radical (unpaired) electrons. The molecule has 0 saturated heterocycles. The van der Waals surface area contributed by atoms with Crippen LogP contribution in [0.4, 0.5) is 0 Å². The number of carbonyl (C=O) groups excluding carboxylic acids is 1. The van der Waals surface area contributed by atoms with Gasteiger partial charge in [0.1, 0.15) is 6.10 Å². The van der Waals surface area contributed by atoms with Crippen LogP contribution in [0.3, 0.4) is 0 Å². The molecule has 5 heteroatoms. The van der Waals surface area contributed by atoms with Gasteiger partial charge in [-0.3, -0.25) is 4.79 Å². The minimum atomic E-state index is -1.19. The molecule has 5 nitrogen and oxygen atoms in total. The molecule has 0 aliphatic carbocycles. The Morgan fingerprint density at radius 1 is 0.641 bits per heavy atom. The van der Waals surface area contributed by atoms with Crippen molar-refractivity contribution in [2.45, 2.75) is 154 Å². The third kappa shape index (κ3) is 25.0. The Hall–Kier alpha value is -1.69. The number of aliphatic hydroxyl groups is 3. The summed E-state index contributed by atoms with van der Waals surface area (Å²) in [6, 6.07) is -0.860. The zero-order valence-electron chi connectivity index (χ0n) is 25.2.